The predicted molar refractivity (Wildman–Crippen MR) is 101 cm³/mol. The Morgan fingerprint density at radius 3 is 2.62 bits per heavy atom. The topological polar surface area (TPSA) is 113 Å². The van der Waals surface area contributed by atoms with Crippen LogP contribution in [0.1, 0.15) is 0 Å². The van der Waals surface area contributed by atoms with Gasteiger partial charge in [0.1, 0.15) is 13.2 Å². The summed E-state index contributed by atoms with van der Waals surface area (Å²) in [6.07, 6.45) is 0. The first-order chi connectivity index (χ1) is 12.2. The number of aliphatic imine (C=N–C) groups is 1. The molecule has 2 fully saturated rings. The Morgan fingerprint density at radius 1 is 1.27 bits per heavy atom. The number of aliphatic carboxylic acids is 1. The molecule has 1 aromatic rings. The van der Waals surface area contributed by atoms with Crippen LogP contribution in [0.4, 0.5) is 5.69 Å². The van der Waals surface area contributed by atoms with Gasteiger partial charge < -0.3 is 14.7 Å². The lowest BCUT2D eigenvalue weighted by atomic mass is 10.2. The third-order valence-corrected chi connectivity index (χ3v) is 7.58. The van der Waals surface area contributed by atoms with Gasteiger partial charge >= 0.3 is 5.97 Å². The minimum atomic E-state index is -3.13. The van der Waals surface area contributed by atoms with Crippen LogP contribution in [0.2, 0.25) is 0 Å². The van der Waals surface area contributed by atoms with Gasteiger partial charge in [-0.3, -0.25) is 4.79 Å². The summed E-state index contributed by atoms with van der Waals surface area (Å²) >= 11 is 4.61. The zero-order valence-corrected chi connectivity index (χ0v) is 16.6. The number of carboxylic acids is 1. The van der Waals surface area contributed by atoms with Crippen molar-refractivity contribution in [3.8, 4) is 0 Å². The number of ether oxygens (including phenoxy) is 1. The molecular weight excluding hydrogens is 448 g/mol. The summed E-state index contributed by atoms with van der Waals surface area (Å²) in [7, 11) is -3.13. The van der Waals surface area contributed by atoms with Crippen molar-refractivity contribution < 1.29 is 27.9 Å². The lowest BCUT2D eigenvalue weighted by Crippen LogP contribution is -2.37. The molecule has 1 aromatic carbocycles. The molecule has 2 saturated heterocycles. The zero-order chi connectivity index (χ0) is 18.9. The number of benzene rings is 1. The first-order valence-corrected chi connectivity index (χ1v) is 11.1. The average molecular weight is 463 g/mol. The fourth-order valence-electron chi connectivity index (χ4n) is 2.83. The van der Waals surface area contributed by atoms with Crippen molar-refractivity contribution >= 4 is 60.3 Å². The summed E-state index contributed by atoms with van der Waals surface area (Å²) in [6.45, 7) is -1.03. The van der Waals surface area contributed by atoms with Crippen molar-refractivity contribution in [2.75, 3.05) is 29.6 Å². The quantitative estimate of drug-likeness (QED) is 0.692. The van der Waals surface area contributed by atoms with Crippen LogP contribution < -0.4 is 4.90 Å². The minimum absolute atomic E-state index is 0.00343. The smallest absolute Gasteiger partial charge is 0.329 e. The van der Waals surface area contributed by atoms with Gasteiger partial charge in [0.2, 0.25) is 0 Å². The van der Waals surface area contributed by atoms with Crippen molar-refractivity contribution in [3.05, 3.63) is 28.7 Å². The van der Waals surface area contributed by atoms with E-state index in [1.807, 2.05) is 24.3 Å². The molecule has 2 heterocycles. The van der Waals surface area contributed by atoms with Gasteiger partial charge in [-0.05, 0) is 24.3 Å². The summed E-state index contributed by atoms with van der Waals surface area (Å²) in [5, 5.41) is 8.74. The Morgan fingerprint density at radius 2 is 1.96 bits per heavy atom. The maximum Gasteiger partial charge on any atom is 0.329 e. The van der Waals surface area contributed by atoms with Crippen LogP contribution in [0.25, 0.3) is 0 Å². The summed E-state index contributed by atoms with van der Waals surface area (Å²) < 4.78 is 29.6. The van der Waals surface area contributed by atoms with E-state index < -0.39 is 34.9 Å². The van der Waals surface area contributed by atoms with Gasteiger partial charge in [0, 0.05) is 15.4 Å². The van der Waals surface area contributed by atoms with Crippen LogP contribution in [0, 0.1) is 0 Å². The van der Waals surface area contributed by atoms with Crippen LogP contribution in [-0.4, -0.2) is 66.6 Å². The van der Waals surface area contributed by atoms with E-state index in [2.05, 4.69) is 20.9 Å². The maximum absolute atomic E-state index is 12.0. The second-order valence-electron chi connectivity index (χ2n) is 5.82. The molecule has 0 aromatic heterocycles. The van der Waals surface area contributed by atoms with Gasteiger partial charge in [0.05, 0.1) is 17.5 Å². The molecule has 0 bridgehead atoms. The molecule has 0 unspecified atom stereocenters. The van der Waals surface area contributed by atoms with E-state index in [1.165, 1.54) is 11.8 Å². The van der Waals surface area contributed by atoms with E-state index in [4.69, 9.17) is 9.84 Å². The molecule has 1 N–H and O–H groups in total. The van der Waals surface area contributed by atoms with Crippen LogP contribution >= 0.6 is 27.7 Å². The molecule has 0 spiro atoms. The number of fused-ring (bicyclic) bond motifs is 1. The minimum Gasteiger partial charge on any atom is -0.480 e. The van der Waals surface area contributed by atoms with E-state index in [9.17, 15) is 18.0 Å². The van der Waals surface area contributed by atoms with Gasteiger partial charge in [0.25, 0.3) is 5.91 Å². The Kier molecular flexibility index (Phi) is 5.70. The Balaban J connectivity index is 1.84. The number of amidine groups is 1. The van der Waals surface area contributed by atoms with Crippen molar-refractivity contribution in [2.24, 2.45) is 4.99 Å². The standard InChI is InChI=1S/C15H15BrN2O6S2/c16-9-1-3-10(4-2-9)18-11-7-26(22,23)8-12(11)25-15(18)17-13(19)5-24-6-14(20)21/h1-4,11-12H,5-8H2,(H,20,21)/t11-,12-/m0/s1. The highest BCUT2D eigenvalue weighted by atomic mass is 79.9. The number of sulfone groups is 1. The predicted octanol–water partition coefficient (Wildman–Crippen LogP) is 1.15. The molecule has 3 rings (SSSR count). The summed E-state index contributed by atoms with van der Waals surface area (Å²) in [6, 6.07) is 6.99. The first-order valence-electron chi connectivity index (χ1n) is 7.58. The summed E-state index contributed by atoms with van der Waals surface area (Å²) in [5.74, 6) is -1.74. The Labute approximate surface area is 162 Å². The molecule has 0 saturated carbocycles. The number of carbonyl (C=O) groups is 2. The van der Waals surface area contributed by atoms with E-state index in [1.54, 1.807) is 4.90 Å². The molecule has 1 amide bonds. The number of carbonyl (C=O) groups excluding carboxylic acids is 1. The van der Waals surface area contributed by atoms with Crippen molar-refractivity contribution in [1.29, 1.82) is 0 Å². The van der Waals surface area contributed by atoms with Gasteiger partial charge in [-0.1, -0.05) is 27.7 Å². The highest BCUT2D eigenvalue weighted by Crippen LogP contribution is 2.41. The van der Waals surface area contributed by atoms with Gasteiger partial charge in [-0.25, -0.2) is 13.2 Å². The van der Waals surface area contributed by atoms with Gasteiger partial charge in [0.15, 0.2) is 15.0 Å². The van der Waals surface area contributed by atoms with E-state index in [0.29, 0.717) is 5.17 Å². The molecule has 2 aliphatic heterocycles. The number of halogens is 1. The summed E-state index contributed by atoms with van der Waals surface area (Å²) in [4.78, 5) is 28.2. The third-order valence-electron chi connectivity index (χ3n) is 3.84. The number of rotatable bonds is 5. The van der Waals surface area contributed by atoms with Crippen LogP contribution in [-0.2, 0) is 24.2 Å². The van der Waals surface area contributed by atoms with Crippen molar-refractivity contribution in [3.63, 3.8) is 0 Å². The Bertz CT molecular complexity index is 855. The number of nitrogens with zero attached hydrogens (tertiary/aromatic N) is 2. The van der Waals surface area contributed by atoms with Gasteiger partial charge in [-0.15, -0.1) is 0 Å². The zero-order valence-electron chi connectivity index (χ0n) is 13.4. The SMILES string of the molecule is O=C(O)COCC(=O)N=C1S[C@H]2CS(=O)(=O)C[C@@H]2N1c1ccc(Br)cc1. The Hall–Kier alpha value is -1.43. The molecule has 0 radical (unpaired) electrons. The lowest BCUT2D eigenvalue weighted by Gasteiger charge is -2.24. The van der Waals surface area contributed by atoms with Gasteiger partial charge in [-0.2, -0.15) is 4.99 Å². The number of anilines is 1. The van der Waals surface area contributed by atoms with Crippen LogP contribution in [0.15, 0.2) is 33.7 Å². The van der Waals surface area contributed by atoms with Crippen molar-refractivity contribution in [1.82, 2.24) is 0 Å². The molecule has 0 aliphatic carbocycles. The molecule has 26 heavy (non-hydrogen) atoms. The maximum atomic E-state index is 12.0. The first kappa shape index (κ1) is 19.3. The van der Waals surface area contributed by atoms with Crippen LogP contribution in [0.5, 0.6) is 0 Å². The fourth-order valence-corrected chi connectivity index (χ4v) is 7.03. The lowest BCUT2D eigenvalue weighted by molar-refractivity contribution is -0.143. The number of amides is 1. The van der Waals surface area contributed by atoms with Crippen molar-refractivity contribution in [2.45, 2.75) is 11.3 Å². The van der Waals surface area contributed by atoms with E-state index in [-0.39, 0.29) is 22.8 Å². The normalized spacial score (nSPS) is 25.4. The van der Waals surface area contributed by atoms with Crippen LogP contribution in [0.3, 0.4) is 0 Å². The monoisotopic (exact) mass is 462 g/mol. The number of carboxylic acid groups (broad SMARTS) is 1. The second-order valence-corrected chi connectivity index (χ2v) is 10.1. The molecule has 8 nitrogen and oxygen atoms in total. The number of thioether (sulfide) groups is 1. The summed E-state index contributed by atoms with van der Waals surface area (Å²) in [5.41, 5.74) is 0.739. The highest BCUT2D eigenvalue weighted by molar-refractivity contribution is 9.10. The molecule has 2 atom stereocenters. The molecule has 140 valence electrons. The number of hydrogen-bond acceptors (Lipinski definition) is 6. The highest BCUT2D eigenvalue weighted by Gasteiger charge is 2.49. The third kappa shape index (κ3) is 4.45. The van der Waals surface area contributed by atoms with E-state index in [0.717, 1.165) is 10.2 Å². The fraction of sp³-hybridized carbons (Fsp3) is 0.400. The second kappa shape index (κ2) is 7.67. The van der Waals surface area contributed by atoms with E-state index >= 15 is 0 Å². The average Bonchev–Trinajstić information content (AvgIpc) is 2.99. The largest absolute Gasteiger partial charge is 0.480 e. The molecule has 11 heteroatoms. The molecular formula is C15H15BrN2O6S2. The molecule has 2 aliphatic rings. The number of hydrogen-bond donors (Lipinski definition) is 1.